The molecule has 0 aliphatic heterocycles. The van der Waals surface area contributed by atoms with Crippen LogP contribution in [0.2, 0.25) is 0 Å². The summed E-state index contributed by atoms with van der Waals surface area (Å²) in [5, 5.41) is 2.95. The largest absolute Gasteiger partial charge is 0.353 e. The molecule has 1 aromatic carbocycles. The standard InChI is InChI=1S/C14H18FNO/c1-3-9(2)16-14(17)12-8-11(12)10-6-4-5-7-13(10)15/h4-7,9,11-12H,3,8H2,1-2H3,(H,16,17). The van der Waals surface area contributed by atoms with Crippen LogP contribution in [0.15, 0.2) is 24.3 Å². The van der Waals surface area contributed by atoms with Gasteiger partial charge in [0.05, 0.1) is 0 Å². The van der Waals surface area contributed by atoms with Gasteiger partial charge in [0.2, 0.25) is 5.91 Å². The van der Waals surface area contributed by atoms with Crippen molar-refractivity contribution < 1.29 is 9.18 Å². The van der Waals surface area contributed by atoms with Crippen LogP contribution in [0.25, 0.3) is 0 Å². The molecule has 3 heteroatoms. The van der Waals surface area contributed by atoms with Crippen molar-refractivity contribution in [1.29, 1.82) is 0 Å². The highest BCUT2D eigenvalue weighted by Gasteiger charge is 2.45. The zero-order valence-electron chi connectivity index (χ0n) is 10.2. The van der Waals surface area contributed by atoms with Gasteiger partial charge in [-0.05, 0) is 37.3 Å². The number of benzene rings is 1. The molecule has 1 amide bonds. The van der Waals surface area contributed by atoms with E-state index in [2.05, 4.69) is 5.32 Å². The van der Waals surface area contributed by atoms with Gasteiger partial charge in [-0.3, -0.25) is 4.79 Å². The van der Waals surface area contributed by atoms with Gasteiger partial charge in [-0.15, -0.1) is 0 Å². The topological polar surface area (TPSA) is 29.1 Å². The van der Waals surface area contributed by atoms with Gasteiger partial charge in [-0.25, -0.2) is 4.39 Å². The second kappa shape index (κ2) is 4.86. The van der Waals surface area contributed by atoms with E-state index in [-0.39, 0.29) is 29.6 Å². The Kier molecular flexibility index (Phi) is 3.46. The average Bonchev–Trinajstić information content (AvgIpc) is 3.09. The highest BCUT2D eigenvalue weighted by molar-refractivity contribution is 5.83. The summed E-state index contributed by atoms with van der Waals surface area (Å²) >= 11 is 0. The van der Waals surface area contributed by atoms with E-state index in [1.807, 2.05) is 19.9 Å². The highest BCUT2D eigenvalue weighted by Crippen LogP contribution is 2.48. The van der Waals surface area contributed by atoms with Crippen LogP contribution in [0.5, 0.6) is 0 Å². The summed E-state index contributed by atoms with van der Waals surface area (Å²) in [5.74, 6) is -0.106. The minimum Gasteiger partial charge on any atom is -0.353 e. The molecule has 1 aliphatic carbocycles. The molecule has 3 atom stereocenters. The summed E-state index contributed by atoms with van der Waals surface area (Å²) in [4.78, 5) is 11.8. The van der Waals surface area contributed by atoms with Crippen molar-refractivity contribution in [2.24, 2.45) is 5.92 Å². The van der Waals surface area contributed by atoms with E-state index < -0.39 is 0 Å². The molecule has 1 aromatic rings. The number of hydrogen-bond acceptors (Lipinski definition) is 1. The summed E-state index contributed by atoms with van der Waals surface area (Å²) in [6.07, 6.45) is 1.69. The Labute approximate surface area is 101 Å². The molecule has 0 aromatic heterocycles. The second-order valence-electron chi connectivity index (χ2n) is 4.79. The minimum atomic E-state index is -0.198. The molecule has 0 bridgehead atoms. The van der Waals surface area contributed by atoms with E-state index in [1.54, 1.807) is 12.1 Å². The van der Waals surface area contributed by atoms with Gasteiger partial charge in [0.25, 0.3) is 0 Å². The lowest BCUT2D eigenvalue weighted by Gasteiger charge is -2.11. The maximum Gasteiger partial charge on any atom is 0.223 e. The number of hydrogen-bond donors (Lipinski definition) is 1. The first-order chi connectivity index (χ1) is 8.13. The Bertz CT molecular complexity index is 418. The maximum atomic E-state index is 13.5. The first-order valence-corrected chi connectivity index (χ1v) is 6.18. The predicted octanol–water partition coefficient (Wildman–Crippen LogP) is 2.84. The Morgan fingerprint density at radius 3 is 2.88 bits per heavy atom. The van der Waals surface area contributed by atoms with E-state index in [0.29, 0.717) is 5.56 Å². The van der Waals surface area contributed by atoms with Crippen LogP contribution in [0, 0.1) is 11.7 Å². The van der Waals surface area contributed by atoms with Gasteiger partial charge in [0.1, 0.15) is 5.82 Å². The Morgan fingerprint density at radius 1 is 1.53 bits per heavy atom. The first kappa shape index (κ1) is 12.1. The summed E-state index contributed by atoms with van der Waals surface area (Å²) in [5.41, 5.74) is 0.678. The molecule has 1 N–H and O–H groups in total. The highest BCUT2D eigenvalue weighted by atomic mass is 19.1. The fraction of sp³-hybridized carbons (Fsp3) is 0.500. The molecule has 1 fully saturated rings. The van der Waals surface area contributed by atoms with Crippen molar-refractivity contribution in [3.8, 4) is 0 Å². The van der Waals surface area contributed by atoms with E-state index >= 15 is 0 Å². The zero-order valence-corrected chi connectivity index (χ0v) is 10.2. The van der Waals surface area contributed by atoms with Crippen LogP contribution >= 0.6 is 0 Å². The Hall–Kier alpha value is -1.38. The van der Waals surface area contributed by atoms with Gasteiger partial charge in [0.15, 0.2) is 0 Å². The first-order valence-electron chi connectivity index (χ1n) is 6.18. The number of carbonyl (C=O) groups excluding carboxylic acids is 1. The van der Waals surface area contributed by atoms with Gasteiger partial charge in [0, 0.05) is 12.0 Å². The molecule has 3 unspecified atom stereocenters. The van der Waals surface area contributed by atoms with Crippen LogP contribution in [-0.2, 0) is 4.79 Å². The fourth-order valence-corrected chi connectivity index (χ4v) is 2.06. The Morgan fingerprint density at radius 2 is 2.24 bits per heavy atom. The third kappa shape index (κ3) is 2.65. The van der Waals surface area contributed by atoms with Crippen molar-refractivity contribution in [3.05, 3.63) is 35.6 Å². The van der Waals surface area contributed by atoms with E-state index in [1.165, 1.54) is 6.07 Å². The van der Waals surface area contributed by atoms with E-state index in [4.69, 9.17) is 0 Å². The average molecular weight is 235 g/mol. The number of carbonyl (C=O) groups is 1. The molecule has 92 valence electrons. The van der Waals surface area contributed by atoms with Crippen LogP contribution in [0.3, 0.4) is 0 Å². The Balaban J connectivity index is 1.97. The van der Waals surface area contributed by atoms with Crippen molar-refractivity contribution in [1.82, 2.24) is 5.32 Å². The minimum absolute atomic E-state index is 0.0408. The fourth-order valence-electron chi connectivity index (χ4n) is 2.06. The van der Waals surface area contributed by atoms with Gasteiger partial charge in [-0.1, -0.05) is 25.1 Å². The van der Waals surface area contributed by atoms with Crippen molar-refractivity contribution in [2.45, 2.75) is 38.6 Å². The van der Waals surface area contributed by atoms with Gasteiger partial charge < -0.3 is 5.32 Å². The summed E-state index contributed by atoms with van der Waals surface area (Å²) in [7, 11) is 0. The molecule has 17 heavy (non-hydrogen) atoms. The van der Waals surface area contributed by atoms with Gasteiger partial charge in [-0.2, -0.15) is 0 Å². The molecule has 0 saturated heterocycles. The summed E-state index contributed by atoms with van der Waals surface area (Å²) in [6.45, 7) is 4.02. The molecule has 1 saturated carbocycles. The number of nitrogens with one attached hydrogen (secondary N) is 1. The van der Waals surface area contributed by atoms with Crippen LogP contribution in [0.1, 0.15) is 38.2 Å². The van der Waals surface area contributed by atoms with Crippen LogP contribution in [-0.4, -0.2) is 11.9 Å². The van der Waals surface area contributed by atoms with Crippen LogP contribution in [0.4, 0.5) is 4.39 Å². The summed E-state index contributed by atoms with van der Waals surface area (Å²) in [6, 6.07) is 6.92. The molecule has 2 nitrogen and oxygen atoms in total. The molecular formula is C14H18FNO. The molecule has 0 heterocycles. The number of rotatable bonds is 4. The summed E-state index contributed by atoms with van der Waals surface area (Å²) < 4.78 is 13.5. The van der Waals surface area contributed by atoms with Crippen molar-refractivity contribution in [2.75, 3.05) is 0 Å². The lowest BCUT2D eigenvalue weighted by Crippen LogP contribution is -2.33. The van der Waals surface area contributed by atoms with Crippen molar-refractivity contribution in [3.63, 3.8) is 0 Å². The normalized spacial score (nSPS) is 24.2. The quantitative estimate of drug-likeness (QED) is 0.854. The lowest BCUT2D eigenvalue weighted by atomic mass is 10.1. The van der Waals surface area contributed by atoms with Crippen molar-refractivity contribution >= 4 is 5.91 Å². The SMILES string of the molecule is CCC(C)NC(=O)C1CC1c1ccccc1F. The van der Waals surface area contributed by atoms with E-state index in [0.717, 1.165) is 12.8 Å². The molecule has 0 radical (unpaired) electrons. The molecule has 2 rings (SSSR count). The zero-order chi connectivity index (χ0) is 12.4. The van der Waals surface area contributed by atoms with E-state index in [9.17, 15) is 9.18 Å². The molecule has 0 spiro atoms. The molecule has 1 aliphatic rings. The third-order valence-electron chi connectivity index (χ3n) is 3.43. The lowest BCUT2D eigenvalue weighted by molar-refractivity contribution is -0.123. The number of amides is 1. The smallest absolute Gasteiger partial charge is 0.223 e. The molecular weight excluding hydrogens is 217 g/mol. The second-order valence-corrected chi connectivity index (χ2v) is 4.79. The third-order valence-corrected chi connectivity index (χ3v) is 3.43. The number of halogens is 1. The maximum absolute atomic E-state index is 13.5. The predicted molar refractivity (Wildman–Crippen MR) is 65.1 cm³/mol. The van der Waals surface area contributed by atoms with Gasteiger partial charge >= 0.3 is 0 Å². The van der Waals surface area contributed by atoms with Crippen LogP contribution < -0.4 is 5.32 Å². The monoisotopic (exact) mass is 235 g/mol.